The van der Waals surface area contributed by atoms with Gasteiger partial charge in [0.2, 0.25) is 10.0 Å². The van der Waals surface area contributed by atoms with Crippen LogP contribution in [-0.4, -0.2) is 14.5 Å². The van der Waals surface area contributed by atoms with E-state index < -0.39 is 10.0 Å². The van der Waals surface area contributed by atoms with Crippen LogP contribution in [0.3, 0.4) is 0 Å². The fourth-order valence-corrected chi connectivity index (χ4v) is 3.58. The molecule has 1 aromatic carbocycles. The largest absolute Gasteiger partial charge is 0.381 e. The molecule has 1 aliphatic carbocycles. The van der Waals surface area contributed by atoms with Crippen LogP contribution in [0.25, 0.3) is 0 Å². The molecule has 0 amide bonds. The Labute approximate surface area is 115 Å². The average molecular weight is 282 g/mol. The molecule has 19 heavy (non-hydrogen) atoms. The molecular weight excluding hydrogens is 260 g/mol. The quantitative estimate of drug-likeness (QED) is 0.895. The van der Waals surface area contributed by atoms with Gasteiger partial charge in [0.05, 0.1) is 5.69 Å². The van der Waals surface area contributed by atoms with Gasteiger partial charge in [-0.3, -0.25) is 0 Å². The number of hydrogen-bond acceptors (Lipinski definition) is 3. The van der Waals surface area contributed by atoms with Gasteiger partial charge < -0.3 is 5.32 Å². The summed E-state index contributed by atoms with van der Waals surface area (Å²) in [6, 6.07) is 7.15. The van der Waals surface area contributed by atoms with Crippen LogP contribution in [0.5, 0.6) is 0 Å². The number of nitrogens with one attached hydrogen (secondary N) is 1. The van der Waals surface area contributed by atoms with Crippen LogP contribution in [0.4, 0.5) is 5.69 Å². The molecule has 0 saturated heterocycles. The van der Waals surface area contributed by atoms with Crippen molar-refractivity contribution < 1.29 is 8.42 Å². The van der Waals surface area contributed by atoms with Crippen LogP contribution in [-0.2, 0) is 10.0 Å². The van der Waals surface area contributed by atoms with E-state index >= 15 is 0 Å². The van der Waals surface area contributed by atoms with Crippen LogP contribution in [0, 0.1) is 5.41 Å². The molecule has 0 spiro atoms. The van der Waals surface area contributed by atoms with Crippen molar-refractivity contribution in [1.29, 1.82) is 0 Å². The maximum atomic E-state index is 11.6. The topological polar surface area (TPSA) is 72.2 Å². The summed E-state index contributed by atoms with van der Waals surface area (Å²) in [5, 5.41) is 8.60. The van der Waals surface area contributed by atoms with Gasteiger partial charge in [-0.05, 0) is 36.8 Å². The number of rotatable bonds is 3. The van der Waals surface area contributed by atoms with Crippen molar-refractivity contribution in [3.8, 4) is 0 Å². The first kappa shape index (κ1) is 14.3. The van der Waals surface area contributed by atoms with Crippen molar-refractivity contribution in [3.63, 3.8) is 0 Å². The third-order valence-electron chi connectivity index (χ3n) is 3.76. The lowest BCUT2D eigenvalue weighted by molar-refractivity contribution is 0.229. The maximum absolute atomic E-state index is 11.6. The average Bonchev–Trinajstić information content (AvgIpc) is 2.26. The third kappa shape index (κ3) is 3.70. The van der Waals surface area contributed by atoms with Crippen molar-refractivity contribution in [2.45, 2.75) is 50.5 Å². The molecule has 5 heteroatoms. The van der Waals surface area contributed by atoms with Crippen molar-refractivity contribution in [2.24, 2.45) is 10.6 Å². The van der Waals surface area contributed by atoms with Gasteiger partial charge in [-0.2, -0.15) is 0 Å². The molecule has 0 aromatic heterocycles. The molecule has 1 aliphatic rings. The number of nitrogens with two attached hydrogens (primary N) is 1. The Kier molecular flexibility index (Phi) is 3.87. The number of primary sulfonamides is 1. The molecule has 0 bridgehead atoms. The van der Waals surface area contributed by atoms with Crippen molar-refractivity contribution >= 4 is 15.7 Å². The van der Waals surface area contributed by atoms with E-state index in [1.807, 2.05) is 6.07 Å². The van der Waals surface area contributed by atoms with E-state index in [1.165, 1.54) is 12.8 Å². The van der Waals surface area contributed by atoms with Gasteiger partial charge in [0.1, 0.15) is 4.90 Å². The summed E-state index contributed by atoms with van der Waals surface area (Å²) >= 11 is 0. The lowest BCUT2D eigenvalue weighted by Crippen LogP contribution is -2.32. The van der Waals surface area contributed by atoms with E-state index in [9.17, 15) is 8.42 Å². The predicted molar refractivity (Wildman–Crippen MR) is 77.5 cm³/mol. The Morgan fingerprint density at radius 3 is 2.63 bits per heavy atom. The highest BCUT2D eigenvalue weighted by Gasteiger charge is 2.28. The van der Waals surface area contributed by atoms with Gasteiger partial charge >= 0.3 is 0 Å². The standard InChI is InChI=1S/C14H22N2O2S/c1-14(2)9-5-6-11(10-14)16-12-7-3-4-8-13(12)19(15,17)18/h3-4,7-8,11,16H,5-6,9-10H2,1-2H3,(H2,15,17,18). The van der Waals surface area contributed by atoms with Crippen LogP contribution in [0.15, 0.2) is 29.2 Å². The molecule has 4 nitrogen and oxygen atoms in total. The first-order valence-corrected chi connectivity index (χ1v) is 8.21. The van der Waals surface area contributed by atoms with Gasteiger partial charge in [-0.1, -0.05) is 32.4 Å². The molecule has 1 aromatic rings. The molecule has 106 valence electrons. The molecule has 0 radical (unpaired) electrons. The normalized spacial score (nSPS) is 23.0. The van der Waals surface area contributed by atoms with E-state index in [1.54, 1.807) is 18.2 Å². The van der Waals surface area contributed by atoms with Gasteiger partial charge in [-0.15, -0.1) is 0 Å². The fraction of sp³-hybridized carbons (Fsp3) is 0.571. The summed E-state index contributed by atoms with van der Waals surface area (Å²) in [5.74, 6) is 0. The minimum Gasteiger partial charge on any atom is -0.381 e. The van der Waals surface area contributed by atoms with Crippen LogP contribution < -0.4 is 10.5 Å². The van der Waals surface area contributed by atoms with E-state index in [4.69, 9.17) is 5.14 Å². The van der Waals surface area contributed by atoms with Gasteiger partial charge in [0, 0.05) is 6.04 Å². The molecular formula is C14H22N2O2S. The summed E-state index contributed by atoms with van der Waals surface area (Å²) in [7, 11) is -3.68. The highest BCUT2D eigenvalue weighted by atomic mass is 32.2. The predicted octanol–water partition coefficient (Wildman–Crippen LogP) is 2.71. The van der Waals surface area contributed by atoms with Gasteiger partial charge in [0.15, 0.2) is 0 Å². The molecule has 3 N–H and O–H groups in total. The fourth-order valence-electron chi connectivity index (χ4n) is 2.88. The number of hydrogen-bond donors (Lipinski definition) is 2. The highest BCUT2D eigenvalue weighted by Crippen LogP contribution is 2.36. The Balaban J connectivity index is 2.20. The van der Waals surface area contributed by atoms with E-state index in [2.05, 4.69) is 19.2 Å². The lowest BCUT2D eigenvalue weighted by atomic mass is 9.75. The molecule has 1 saturated carbocycles. The first-order chi connectivity index (χ1) is 8.78. The summed E-state index contributed by atoms with van der Waals surface area (Å²) in [4.78, 5) is 0.179. The van der Waals surface area contributed by atoms with Crippen LogP contribution in [0.2, 0.25) is 0 Å². The Morgan fingerprint density at radius 1 is 1.32 bits per heavy atom. The second kappa shape index (κ2) is 5.13. The Morgan fingerprint density at radius 2 is 2.00 bits per heavy atom. The monoisotopic (exact) mass is 282 g/mol. The van der Waals surface area contributed by atoms with Gasteiger partial charge in [0.25, 0.3) is 0 Å². The zero-order valence-electron chi connectivity index (χ0n) is 11.5. The first-order valence-electron chi connectivity index (χ1n) is 6.66. The summed E-state index contributed by atoms with van der Waals surface area (Å²) in [6.07, 6.45) is 4.51. The maximum Gasteiger partial charge on any atom is 0.240 e. The molecule has 1 atom stereocenters. The SMILES string of the molecule is CC1(C)CCCC(Nc2ccccc2S(N)(=O)=O)C1. The highest BCUT2D eigenvalue weighted by molar-refractivity contribution is 7.89. The molecule has 2 rings (SSSR count). The molecule has 0 aliphatic heterocycles. The molecule has 1 unspecified atom stereocenters. The summed E-state index contributed by atoms with van der Waals surface area (Å²) < 4.78 is 23.1. The van der Waals surface area contributed by atoms with E-state index in [0.29, 0.717) is 17.1 Å². The Bertz CT molecular complexity index is 552. The number of sulfonamides is 1. The summed E-state index contributed by atoms with van der Waals surface area (Å²) in [5.41, 5.74) is 0.930. The van der Waals surface area contributed by atoms with E-state index in [0.717, 1.165) is 12.8 Å². The Hall–Kier alpha value is -1.07. The third-order valence-corrected chi connectivity index (χ3v) is 4.73. The lowest BCUT2D eigenvalue weighted by Gasteiger charge is -2.36. The second-order valence-corrected chi connectivity index (χ2v) is 7.67. The minimum atomic E-state index is -3.68. The second-order valence-electron chi connectivity index (χ2n) is 6.14. The number of para-hydroxylation sites is 1. The zero-order valence-corrected chi connectivity index (χ0v) is 12.3. The minimum absolute atomic E-state index is 0.179. The number of anilines is 1. The zero-order chi connectivity index (χ0) is 14.1. The van der Waals surface area contributed by atoms with E-state index in [-0.39, 0.29) is 4.90 Å². The van der Waals surface area contributed by atoms with Crippen molar-refractivity contribution in [3.05, 3.63) is 24.3 Å². The van der Waals surface area contributed by atoms with Crippen molar-refractivity contribution in [1.82, 2.24) is 0 Å². The van der Waals surface area contributed by atoms with Crippen LogP contribution >= 0.6 is 0 Å². The number of benzene rings is 1. The van der Waals surface area contributed by atoms with Crippen LogP contribution in [0.1, 0.15) is 39.5 Å². The summed E-state index contributed by atoms with van der Waals surface area (Å²) in [6.45, 7) is 4.51. The van der Waals surface area contributed by atoms with Gasteiger partial charge in [-0.25, -0.2) is 13.6 Å². The van der Waals surface area contributed by atoms with Crippen molar-refractivity contribution in [2.75, 3.05) is 5.32 Å². The smallest absolute Gasteiger partial charge is 0.240 e. The molecule has 1 fully saturated rings. The molecule has 0 heterocycles.